The first-order chi connectivity index (χ1) is 47.3. The number of carbonyl (C=O) groups is 6. The molecule has 28 nitrogen and oxygen atoms in total. The Morgan fingerprint density at radius 2 is 0.951 bits per heavy atom. The third kappa shape index (κ3) is 25.3. The lowest BCUT2D eigenvalue weighted by Crippen LogP contribution is -2.60. The number of esters is 4. The Labute approximate surface area is 609 Å². The number of amides is 2. The summed E-state index contributed by atoms with van der Waals surface area (Å²) in [6.07, 6.45) is -11.9. The maximum Gasteiger partial charge on any atom is 0.330 e. The molecule has 28 atom stereocenters. The number of methoxy groups -OCH3 is 2. The molecule has 0 aliphatic carbocycles. The van der Waals surface area contributed by atoms with Crippen LogP contribution in [0.2, 0.25) is 0 Å². The number of hydrogen-bond acceptors (Lipinski definition) is 26. The number of hydrogen-bond donors (Lipinski definition) is 9. The monoisotopic (exact) mass is 1460 g/mol. The van der Waals surface area contributed by atoms with Crippen LogP contribution in [-0.4, -0.2) is 289 Å². The predicted molar refractivity (Wildman–Crippen MR) is 385 cm³/mol. The summed E-state index contributed by atoms with van der Waals surface area (Å²) in [7, 11) is 10.4. The van der Waals surface area contributed by atoms with Gasteiger partial charge in [0.1, 0.15) is 60.0 Å². The minimum Gasteiger partial charge on any atom is -0.461 e. The molecule has 4 aliphatic rings. The highest BCUT2D eigenvalue weighted by Crippen LogP contribution is 2.42. The summed E-state index contributed by atoms with van der Waals surface area (Å²) in [5.41, 5.74) is -6.42. The van der Waals surface area contributed by atoms with E-state index in [1.807, 2.05) is 65.7 Å². The van der Waals surface area contributed by atoms with Gasteiger partial charge in [0.05, 0.1) is 66.0 Å². The normalized spacial score (nSPS) is 40.4. The first kappa shape index (κ1) is 94.0. The summed E-state index contributed by atoms with van der Waals surface area (Å²) in [4.78, 5) is 86.9. The zero-order chi connectivity index (χ0) is 78.4. The zero-order valence-electron chi connectivity index (χ0n) is 66.7. The van der Waals surface area contributed by atoms with E-state index in [2.05, 4.69) is 41.3 Å². The SMILES string of the molecule is C=CC(=O)O[C@H]1[C@H](C)[C@@H](O[C@@H]2O[C@H](C)C[C@H](N(C)C)[C@@H]2O)[C@](C)(OC)C[C@@H](C)C(=O)N[C@H](C)[C@@H](O)[C@](C)(O)[C@@H](CC)OC(=O)[C@@H]1C.CCNCC.CC[C@H]1OC(=O)[C@H](C)[C@@H](OC(=O)CCN(CC)CC)[C@H](C)[C@@H](O[C@@H]2O[C@H](C)C[C@H](N(C)C)[C@@H]2O)[C@](C)(OC)C[C@@H](C)C(=O)N[C@H](C)[C@@H](O)[C@]1(C)O. The molecule has 4 saturated heterocycles. The Morgan fingerprint density at radius 1 is 0.598 bits per heavy atom. The van der Waals surface area contributed by atoms with Crippen molar-refractivity contribution in [3.8, 4) is 0 Å². The topological polar surface area (TPSA) is 362 Å². The van der Waals surface area contributed by atoms with Gasteiger partial charge in [-0.2, -0.15) is 0 Å². The van der Waals surface area contributed by atoms with Gasteiger partial charge < -0.3 is 109 Å². The van der Waals surface area contributed by atoms with Gasteiger partial charge in [-0.25, -0.2) is 4.79 Å². The fraction of sp³-hybridized carbons (Fsp3) is 0.892. The number of nitrogens with one attached hydrogen (secondary N) is 3. The number of aliphatic hydroxyl groups is 6. The number of ether oxygens (including phenoxy) is 10. The number of nitrogens with zero attached hydrogens (tertiary/aromatic N) is 3. The van der Waals surface area contributed by atoms with Gasteiger partial charge >= 0.3 is 23.9 Å². The molecular weight excluding hydrogens is 1320 g/mol. The van der Waals surface area contributed by atoms with Gasteiger partial charge in [-0.3, -0.25) is 24.0 Å². The molecule has 4 fully saturated rings. The minimum absolute atomic E-state index is 0.0692. The predicted octanol–water partition coefficient (Wildman–Crippen LogP) is 4.26. The van der Waals surface area contributed by atoms with Gasteiger partial charge in [-0.1, -0.05) is 75.8 Å². The lowest BCUT2D eigenvalue weighted by atomic mass is 9.77. The molecule has 0 saturated carbocycles. The molecule has 4 aliphatic heterocycles. The Hall–Kier alpha value is -4.08. The summed E-state index contributed by atoms with van der Waals surface area (Å²) in [5, 5.41) is 76.9. The number of rotatable bonds is 20. The van der Waals surface area contributed by atoms with Crippen LogP contribution in [0.3, 0.4) is 0 Å². The Kier molecular flexibility index (Phi) is 39.1. The van der Waals surface area contributed by atoms with Crippen molar-refractivity contribution < 1.29 is 107 Å². The molecular formula is C74H138N6O22. The van der Waals surface area contributed by atoms with Crippen LogP contribution < -0.4 is 16.0 Å². The largest absolute Gasteiger partial charge is 0.461 e. The fourth-order valence-electron chi connectivity index (χ4n) is 14.7. The summed E-state index contributed by atoms with van der Waals surface area (Å²) < 4.78 is 61.5. The quantitative estimate of drug-likeness (QED) is 0.0467. The van der Waals surface area contributed by atoms with E-state index in [-0.39, 0.29) is 56.4 Å². The van der Waals surface area contributed by atoms with E-state index in [4.69, 9.17) is 47.4 Å². The average Bonchev–Trinajstić information content (AvgIpc) is 1.06. The zero-order valence-corrected chi connectivity index (χ0v) is 66.7. The molecule has 0 unspecified atom stereocenters. The maximum atomic E-state index is 14.0. The van der Waals surface area contributed by atoms with E-state index in [1.54, 1.807) is 76.2 Å². The smallest absolute Gasteiger partial charge is 0.330 e. The van der Waals surface area contributed by atoms with Crippen molar-refractivity contribution >= 4 is 35.7 Å². The molecule has 0 spiro atoms. The minimum atomic E-state index is -1.94. The molecule has 28 heteroatoms. The lowest BCUT2D eigenvalue weighted by Gasteiger charge is -2.48. The lowest BCUT2D eigenvalue weighted by molar-refractivity contribution is -0.301. The van der Waals surface area contributed by atoms with Gasteiger partial charge in [0.15, 0.2) is 12.6 Å². The Morgan fingerprint density at radius 3 is 1.25 bits per heavy atom. The van der Waals surface area contributed by atoms with Crippen LogP contribution in [0.15, 0.2) is 12.7 Å². The summed E-state index contributed by atoms with van der Waals surface area (Å²) in [5.74, 6) is -8.86. The van der Waals surface area contributed by atoms with Crippen molar-refractivity contribution in [3.05, 3.63) is 12.7 Å². The van der Waals surface area contributed by atoms with E-state index in [9.17, 15) is 59.4 Å². The molecule has 9 N–H and O–H groups in total. The summed E-state index contributed by atoms with van der Waals surface area (Å²) in [6, 6.07) is -2.42. The molecule has 596 valence electrons. The van der Waals surface area contributed by atoms with Crippen LogP contribution in [0.5, 0.6) is 0 Å². The van der Waals surface area contributed by atoms with Gasteiger partial charge in [-0.15, -0.1) is 0 Å². The number of cyclic esters (lactones) is 2. The van der Waals surface area contributed by atoms with E-state index in [0.717, 1.165) is 32.3 Å². The van der Waals surface area contributed by atoms with Crippen LogP contribution >= 0.6 is 0 Å². The number of likely N-dealkylation sites (N-methyl/N-ethyl adjacent to an activating group) is 2. The highest BCUT2D eigenvalue weighted by Gasteiger charge is 2.55. The maximum absolute atomic E-state index is 14.0. The second-order valence-corrected chi connectivity index (χ2v) is 30.2. The fourth-order valence-corrected chi connectivity index (χ4v) is 14.7. The van der Waals surface area contributed by atoms with Gasteiger partial charge in [-0.05, 0) is 162 Å². The van der Waals surface area contributed by atoms with Crippen molar-refractivity contribution in [2.24, 2.45) is 35.5 Å². The van der Waals surface area contributed by atoms with Crippen molar-refractivity contribution in [2.75, 3.05) is 75.1 Å². The first-order valence-electron chi connectivity index (χ1n) is 37.0. The van der Waals surface area contributed by atoms with Crippen LogP contribution in [0.25, 0.3) is 0 Å². The second-order valence-electron chi connectivity index (χ2n) is 30.2. The number of aliphatic hydroxyl groups excluding tert-OH is 4. The first-order valence-corrected chi connectivity index (χ1v) is 37.0. The van der Waals surface area contributed by atoms with E-state index in [0.29, 0.717) is 19.4 Å². The molecule has 0 aromatic heterocycles. The van der Waals surface area contributed by atoms with Gasteiger partial charge in [0.2, 0.25) is 11.8 Å². The highest BCUT2D eigenvalue weighted by molar-refractivity contribution is 5.82. The molecule has 0 bridgehead atoms. The molecule has 2 amide bonds. The summed E-state index contributed by atoms with van der Waals surface area (Å²) >= 11 is 0. The number of carbonyl (C=O) groups excluding carboxylic acids is 6. The molecule has 0 aromatic carbocycles. The Balaban J connectivity index is 0.000000652. The van der Waals surface area contributed by atoms with E-state index >= 15 is 0 Å². The van der Waals surface area contributed by atoms with Crippen molar-refractivity contribution in [1.29, 1.82) is 0 Å². The van der Waals surface area contributed by atoms with Crippen LogP contribution in [0.1, 0.15) is 183 Å². The summed E-state index contributed by atoms with van der Waals surface area (Å²) in [6.45, 7) is 42.4. The van der Waals surface area contributed by atoms with Crippen LogP contribution in [0.4, 0.5) is 0 Å². The molecule has 0 aromatic rings. The third-order valence-corrected chi connectivity index (χ3v) is 21.4. The van der Waals surface area contributed by atoms with E-state index < -0.39 is 179 Å². The third-order valence-electron chi connectivity index (χ3n) is 21.4. The van der Waals surface area contributed by atoms with Crippen molar-refractivity contribution in [3.63, 3.8) is 0 Å². The molecule has 0 radical (unpaired) electrons. The van der Waals surface area contributed by atoms with Gasteiger partial charge in [0.25, 0.3) is 0 Å². The van der Waals surface area contributed by atoms with Crippen LogP contribution in [0, 0.1) is 35.5 Å². The highest BCUT2D eigenvalue weighted by atomic mass is 16.7. The molecule has 4 rings (SSSR count). The Bertz CT molecular complexity index is 2560. The van der Waals surface area contributed by atoms with Crippen LogP contribution in [-0.2, 0) is 76.1 Å². The van der Waals surface area contributed by atoms with Gasteiger partial charge in [0, 0.05) is 62.6 Å². The molecule has 102 heavy (non-hydrogen) atoms. The average molecular weight is 1460 g/mol. The van der Waals surface area contributed by atoms with E-state index in [1.165, 1.54) is 35.0 Å². The standard InChI is InChI=1S/C37H69N3O11.C33H58N2O11.C4H11N/c1-14-27-37(10,46)31(43)25(8)38-33(44)21(4)20-36(9,47-13)32(51-35-29(42)26(39(11)12)19-22(5)48-35)23(6)30(24(7)34(45)49-27)50-28(41)17-18-40(15-2)16-3;1-13-23-33(9,41)27(38)21(7)34-29(39)17(3)16-32(8,42-12)28(46-31-25(37)22(35(10)11)15-18(4)43-31)19(5)26(45-24(36)14-2)20(6)30(40)44-23;1-3-5-4-2/h21-27,29-32,35,42-43,46H,14-20H2,1-13H3,(H,38,44);14,17-23,25-28,31,37-38,41H,2,13,15-16H2,1,3-12H3,(H,34,39);5H,3-4H2,1-2H3/t21-,22-,23+,24-,25-,26+,27-,29+,30+,31-,32-,35+,36-,37-;17-,18-,19+,20-,21-,22+,23-,25+,26+,27-,28-,31+,32-,33-;/m11./s1. The van der Waals surface area contributed by atoms with Crippen molar-refractivity contribution in [2.45, 2.75) is 316 Å². The molecule has 4 heterocycles. The second kappa shape index (κ2) is 42.5. The van der Waals surface area contributed by atoms with Crippen molar-refractivity contribution in [1.82, 2.24) is 30.7 Å².